The van der Waals surface area contributed by atoms with Crippen LogP contribution in [0.3, 0.4) is 0 Å². The molecule has 0 N–H and O–H groups in total. The number of rotatable bonds is 2. The van der Waals surface area contributed by atoms with Crippen LogP contribution in [0, 0.1) is 6.92 Å². The van der Waals surface area contributed by atoms with Crippen molar-refractivity contribution in [2.45, 2.75) is 13.3 Å². The standard InChI is InChI=1S/C14H16N4O2/c1-10-15-13(16-20-10)11-4-6-12(7-5-11)18-9-3-8-17(2)14(18)19/h4-7H,3,8-9H2,1-2H3. The fraction of sp³-hybridized carbons (Fsp3) is 0.357. The Labute approximate surface area is 117 Å². The van der Waals surface area contributed by atoms with Gasteiger partial charge >= 0.3 is 6.03 Å². The summed E-state index contributed by atoms with van der Waals surface area (Å²) in [6, 6.07) is 7.68. The molecule has 1 saturated heterocycles. The minimum atomic E-state index is 0.0411. The first-order valence-electron chi connectivity index (χ1n) is 6.58. The maximum absolute atomic E-state index is 12.1. The molecule has 0 bridgehead atoms. The molecule has 0 aliphatic carbocycles. The topological polar surface area (TPSA) is 62.5 Å². The van der Waals surface area contributed by atoms with Gasteiger partial charge in [0.2, 0.25) is 11.7 Å². The Morgan fingerprint density at radius 3 is 2.60 bits per heavy atom. The zero-order valence-electron chi connectivity index (χ0n) is 11.5. The zero-order chi connectivity index (χ0) is 14.1. The summed E-state index contributed by atoms with van der Waals surface area (Å²) in [5.74, 6) is 1.10. The first kappa shape index (κ1) is 12.7. The van der Waals surface area contributed by atoms with E-state index in [1.807, 2.05) is 31.3 Å². The van der Waals surface area contributed by atoms with Crippen LogP contribution in [-0.4, -0.2) is 41.2 Å². The third-order valence-electron chi connectivity index (χ3n) is 3.40. The van der Waals surface area contributed by atoms with Gasteiger partial charge in [0.1, 0.15) is 0 Å². The summed E-state index contributed by atoms with van der Waals surface area (Å²) in [5, 5.41) is 3.88. The van der Waals surface area contributed by atoms with Crippen LogP contribution in [0.4, 0.5) is 10.5 Å². The van der Waals surface area contributed by atoms with Crippen LogP contribution in [0.1, 0.15) is 12.3 Å². The van der Waals surface area contributed by atoms with E-state index < -0.39 is 0 Å². The summed E-state index contributed by atoms with van der Waals surface area (Å²) in [7, 11) is 1.82. The highest BCUT2D eigenvalue weighted by Gasteiger charge is 2.23. The number of aryl methyl sites for hydroxylation is 1. The number of carbonyl (C=O) groups excluding carboxylic acids is 1. The summed E-state index contributed by atoms with van der Waals surface area (Å²) in [6.45, 7) is 3.33. The molecule has 0 saturated carbocycles. The molecule has 2 aromatic rings. The van der Waals surface area contributed by atoms with Crippen LogP contribution in [0.15, 0.2) is 28.8 Å². The van der Waals surface area contributed by atoms with Gasteiger partial charge in [-0.3, -0.25) is 4.90 Å². The van der Waals surface area contributed by atoms with E-state index in [2.05, 4.69) is 10.1 Å². The molecule has 1 fully saturated rings. The van der Waals surface area contributed by atoms with Crippen molar-refractivity contribution < 1.29 is 9.32 Å². The van der Waals surface area contributed by atoms with Crippen molar-refractivity contribution in [3.8, 4) is 11.4 Å². The molecular weight excluding hydrogens is 256 g/mol. The monoisotopic (exact) mass is 272 g/mol. The normalized spacial score (nSPS) is 15.8. The van der Waals surface area contributed by atoms with E-state index in [0.717, 1.165) is 30.8 Å². The van der Waals surface area contributed by atoms with E-state index in [1.54, 1.807) is 16.7 Å². The molecule has 0 spiro atoms. The molecule has 0 unspecified atom stereocenters. The first-order valence-corrected chi connectivity index (χ1v) is 6.58. The van der Waals surface area contributed by atoms with Crippen molar-refractivity contribution in [1.82, 2.24) is 15.0 Å². The van der Waals surface area contributed by atoms with E-state index >= 15 is 0 Å². The Balaban J connectivity index is 1.84. The van der Waals surface area contributed by atoms with Gasteiger partial charge in [-0.1, -0.05) is 5.16 Å². The third-order valence-corrected chi connectivity index (χ3v) is 3.40. The van der Waals surface area contributed by atoms with Crippen molar-refractivity contribution in [2.24, 2.45) is 0 Å². The smallest absolute Gasteiger partial charge is 0.324 e. The quantitative estimate of drug-likeness (QED) is 0.841. The SMILES string of the molecule is Cc1nc(-c2ccc(N3CCCN(C)C3=O)cc2)no1. The maximum Gasteiger partial charge on any atom is 0.324 e. The van der Waals surface area contributed by atoms with Crippen molar-refractivity contribution in [3.63, 3.8) is 0 Å². The molecule has 3 rings (SSSR count). The molecular formula is C14H16N4O2. The average molecular weight is 272 g/mol. The van der Waals surface area contributed by atoms with Crippen LogP contribution in [0.5, 0.6) is 0 Å². The van der Waals surface area contributed by atoms with Gasteiger partial charge in [-0.05, 0) is 30.7 Å². The van der Waals surface area contributed by atoms with Crippen LogP contribution < -0.4 is 4.90 Å². The molecule has 0 radical (unpaired) electrons. The van der Waals surface area contributed by atoms with E-state index in [4.69, 9.17) is 4.52 Å². The first-order chi connectivity index (χ1) is 9.65. The Bertz CT molecular complexity index is 620. The lowest BCUT2D eigenvalue weighted by Crippen LogP contribution is -2.47. The lowest BCUT2D eigenvalue weighted by atomic mass is 10.1. The number of hydrogen-bond acceptors (Lipinski definition) is 4. The van der Waals surface area contributed by atoms with Crippen LogP contribution in [-0.2, 0) is 0 Å². The summed E-state index contributed by atoms with van der Waals surface area (Å²) in [4.78, 5) is 19.8. The Morgan fingerprint density at radius 1 is 1.20 bits per heavy atom. The van der Waals surface area contributed by atoms with Crippen LogP contribution in [0.25, 0.3) is 11.4 Å². The molecule has 1 aliphatic rings. The van der Waals surface area contributed by atoms with Crippen molar-refractivity contribution in [1.29, 1.82) is 0 Å². The molecule has 1 aromatic carbocycles. The van der Waals surface area contributed by atoms with Crippen molar-refractivity contribution in [2.75, 3.05) is 25.0 Å². The summed E-state index contributed by atoms with van der Waals surface area (Å²) in [6.07, 6.45) is 0.980. The van der Waals surface area contributed by atoms with Gasteiger partial charge in [0.05, 0.1) is 0 Å². The minimum Gasteiger partial charge on any atom is -0.339 e. The molecule has 6 heteroatoms. The number of amides is 2. The fourth-order valence-corrected chi connectivity index (χ4v) is 2.31. The van der Waals surface area contributed by atoms with Crippen molar-refractivity contribution >= 4 is 11.7 Å². The summed E-state index contributed by atoms with van der Waals surface area (Å²) < 4.78 is 4.96. The van der Waals surface area contributed by atoms with Gasteiger partial charge in [0.25, 0.3) is 0 Å². The van der Waals surface area contributed by atoms with E-state index in [-0.39, 0.29) is 6.03 Å². The number of aromatic nitrogens is 2. The lowest BCUT2D eigenvalue weighted by molar-refractivity contribution is 0.207. The van der Waals surface area contributed by atoms with E-state index in [0.29, 0.717) is 11.7 Å². The molecule has 104 valence electrons. The van der Waals surface area contributed by atoms with E-state index in [9.17, 15) is 4.79 Å². The lowest BCUT2D eigenvalue weighted by Gasteiger charge is -2.33. The fourth-order valence-electron chi connectivity index (χ4n) is 2.31. The number of anilines is 1. The molecule has 2 heterocycles. The Morgan fingerprint density at radius 2 is 1.95 bits per heavy atom. The highest BCUT2D eigenvalue weighted by Crippen LogP contribution is 2.23. The van der Waals surface area contributed by atoms with Gasteiger partial charge in [-0.2, -0.15) is 4.98 Å². The molecule has 6 nitrogen and oxygen atoms in total. The third kappa shape index (κ3) is 2.24. The second-order valence-electron chi connectivity index (χ2n) is 4.89. The molecule has 1 aromatic heterocycles. The highest BCUT2D eigenvalue weighted by molar-refractivity contribution is 5.92. The van der Waals surface area contributed by atoms with Gasteiger partial charge in [-0.15, -0.1) is 0 Å². The van der Waals surface area contributed by atoms with Gasteiger partial charge in [0.15, 0.2) is 0 Å². The summed E-state index contributed by atoms with van der Waals surface area (Å²) >= 11 is 0. The number of nitrogens with zero attached hydrogens (tertiary/aromatic N) is 4. The molecule has 1 aliphatic heterocycles. The average Bonchev–Trinajstić information content (AvgIpc) is 2.89. The predicted octanol–water partition coefficient (Wildman–Crippen LogP) is 2.31. The Kier molecular flexibility index (Phi) is 3.14. The molecule has 0 atom stereocenters. The van der Waals surface area contributed by atoms with Gasteiger partial charge < -0.3 is 9.42 Å². The van der Waals surface area contributed by atoms with Crippen LogP contribution in [0.2, 0.25) is 0 Å². The number of benzene rings is 1. The Hall–Kier alpha value is -2.37. The number of hydrogen-bond donors (Lipinski definition) is 0. The maximum atomic E-state index is 12.1. The highest BCUT2D eigenvalue weighted by atomic mass is 16.5. The van der Waals surface area contributed by atoms with Gasteiger partial charge in [0, 0.05) is 38.3 Å². The zero-order valence-corrected chi connectivity index (χ0v) is 11.5. The second kappa shape index (κ2) is 4.96. The van der Waals surface area contributed by atoms with E-state index in [1.165, 1.54) is 0 Å². The second-order valence-corrected chi connectivity index (χ2v) is 4.89. The summed E-state index contributed by atoms with van der Waals surface area (Å²) in [5.41, 5.74) is 1.77. The van der Waals surface area contributed by atoms with Gasteiger partial charge in [-0.25, -0.2) is 4.79 Å². The largest absolute Gasteiger partial charge is 0.339 e. The number of carbonyl (C=O) groups is 1. The minimum absolute atomic E-state index is 0.0411. The van der Waals surface area contributed by atoms with Crippen molar-refractivity contribution in [3.05, 3.63) is 30.2 Å². The molecule has 20 heavy (non-hydrogen) atoms. The molecule has 2 amide bonds. The number of urea groups is 1. The predicted molar refractivity (Wildman–Crippen MR) is 74.5 cm³/mol. The van der Waals surface area contributed by atoms with Crippen LogP contribution >= 0.6 is 0 Å².